The Morgan fingerprint density at radius 1 is 1.02 bits per heavy atom. The highest BCUT2D eigenvalue weighted by Gasteiger charge is 2.65. The van der Waals surface area contributed by atoms with Crippen LogP contribution in [-0.4, -0.2) is 85.6 Å². The van der Waals surface area contributed by atoms with Crippen molar-refractivity contribution in [3.63, 3.8) is 0 Å². The number of fused-ring (bicyclic) bond motifs is 2. The van der Waals surface area contributed by atoms with Crippen molar-refractivity contribution < 1.29 is 48.3 Å². The molecule has 1 aliphatic heterocycles. The van der Waals surface area contributed by atoms with Gasteiger partial charge >= 0.3 is 6.09 Å². The number of nitrogens with zero attached hydrogens (tertiary/aromatic N) is 2. The molecule has 3 aromatic rings. The molecule has 0 bridgehead atoms. The maximum atomic E-state index is 14.1. The number of rotatable bonds is 20. The third-order valence-electron chi connectivity index (χ3n) is 11.5. The van der Waals surface area contributed by atoms with Gasteiger partial charge < -0.3 is 43.6 Å². The molecule has 1 heterocycles. The van der Waals surface area contributed by atoms with Crippen LogP contribution in [0.4, 0.5) is 4.79 Å². The molecule has 12 heteroatoms. The van der Waals surface area contributed by atoms with Gasteiger partial charge in [-0.15, -0.1) is 6.58 Å². The first kappa shape index (κ1) is 42.4. The molecule has 2 N–H and O–H groups in total. The van der Waals surface area contributed by atoms with Gasteiger partial charge in [-0.05, 0) is 92.0 Å². The van der Waals surface area contributed by atoms with E-state index in [0.717, 1.165) is 48.7 Å². The average Bonchev–Trinajstić information content (AvgIpc) is 3.25. The van der Waals surface area contributed by atoms with Crippen molar-refractivity contribution in [1.82, 2.24) is 4.90 Å². The zero-order chi connectivity index (χ0) is 41.1. The summed E-state index contributed by atoms with van der Waals surface area (Å²) in [4.78, 5) is 33.3. The summed E-state index contributed by atoms with van der Waals surface area (Å²) in [5, 5.41) is 24.4. The van der Waals surface area contributed by atoms with Crippen molar-refractivity contribution in [2.75, 3.05) is 40.6 Å². The maximum Gasteiger partial charge on any atom is 0.410 e. The monoisotopic (exact) mass is 796 g/mol. The molecule has 6 unspecified atom stereocenters. The molecule has 0 spiro atoms. The Labute approximate surface area is 341 Å². The van der Waals surface area contributed by atoms with E-state index in [9.17, 15) is 19.8 Å². The fourth-order valence-electron chi connectivity index (χ4n) is 8.89. The number of aliphatic hydroxyl groups is 2. The second kappa shape index (κ2) is 20.0. The number of allylic oxidation sites excluding steroid dienone is 1. The van der Waals surface area contributed by atoms with Crippen LogP contribution >= 0.6 is 0 Å². The third-order valence-corrected chi connectivity index (χ3v) is 11.5. The number of oxime groups is 1. The van der Waals surface area contributed by atoms with E-state index in [1.54, 1.807) is 36.2 Å². The lowest BCUT2D eigenvalue weighted by atomic mass is 9.55. The fraction of sp³-hybridized carbons (Fsp3) is 0.457. The summed E-state index contributed by atoms with van der Waals surface area (Å²) in [6.45, 7) is 6.61. The number of hydrogen-bond acceptors (Lipinski definition) is 11. The van der Waals surface area contributed by atoms with Gasteiger partial charge in [0.05, 0.1) is 30.9 Å². The standard InChI is InChI=1S/C46H56N2O10/c1-5-24-55-46-42(48(3)45(52)54-30-31-14-8-7-9-15-31)28-39(47-56-6-2)37-26-32(16-10-12-22-49)36(17-11-13-23-50)43(44(37)46)38-27-35(19-21-41(38)58-46)57-34-18-20-40(53-4)33(25-34)29-51/h5,7-9,14-15,18-21,25-27,29,32,36,42-44,49-50H,1,6,10-13,16-17,22-24,28,30H2,2-4H3. The molecule has 12 nitrogen and oxygen atoms in total. The lowest BCUT2D eigenvalue weighted by Crippen LogP contribution is -2.69. The molecule has 1 saturated carbocycles. The Morgan fingerprint density at radius 2 is 1.76 bits per heavy atom. The number of unbranched alkanes of at least 4 members (excludes halogenated alkanes) is 2. The highest BCUT2D eigenvalue weighted by atomic mass is 16.7. The molecule has 3 aliphatic rings. The molecule has 0 aromatic heterocycles. The van der Waals surface area contributed by atoms with Crippen LogP contribution in [0.1, 0.15) is 79.3 Å². The predicted octanol–water partition coefficient (Wildman–Crippen LogP) is 8.22. The second-order valence-corrected chi connectivity index (χ2v) is 15.0. The molecular weight excluding hydrogens is 741 g/mol. The van der Waals surface area contributed by atoms with Crippen LogP contribution in [0.2, 0.25) is 0 Å². The largest absolute Gasteiger partial charge is 0.496 e. The minimum absolute atomic E-state index is 0.0358. The Kier molecular flexibility index (Phi) is 14.6. The van der Waals surface area contributed by atoms with Crippen LogP contribution < -0.4 is 14.2 Å². The summed E-state index contributed by atoms with van der Waals surface area (Å²) in [6.07, 6.45) is 8.94. The van der Waals surface area contributed by atoms with E-state index in [1.165, 1.54) is 7.11 Å². The zero-order valence-corrected chi connectivity index (χ0v) is 33.7. The highest BCUT2D eigenvalue weighted by molar-refractivity contribution is 6.03. The topological polar surface area (TPSA) is 146 Å². The van der Waals surface area contributed by atoms with Crippen LogP contribution in [0.3, 0.4) is 0 Å². The molecule has 2 aliphatic carbocycles. The Bertz CT molecular complexity index is 1930. The quantitative estimate of drug-likeness (QED) is 0.0497. The molecule has 3 aromatic carbocycles. The number of amides is 1. The van der Waals surface area contributed by atoms with Gasteiger partial charge in [0, 0.05) is 38.2 Å². The van der Waals surface area contributed by atoms with Gasteiger partial charge in [-0.1, -0.05) is 60.5 Å². The number of carbonyl (C=O) groups is 2. The number of hydrogen-bond donors (Lipinski definition) is 2. The molecule has 1 fully saturated rings. The highest BCUT2D eigenvalue weighted by Crippen LogP contribution is 2.62. The Balaban J connectivity index is 1.52. The van der Waals surface area contributed by atoms with E-state index in [-0.39, 0.29) is 50.6 Å². The van der Waals surface area contributed by atoms with E-state index < -0.39 is 23.8 Å². The number of carbonyl (C=O) groups excluding carboxylic acids is 2. The van der Waals surface area contributed by atoms with E-state index in [1.807, 2.05) is 55.5 Å². The molecule has 1 amide bonds. The molecule has 6 rings (SSSR count). The summed E-state index contributed by atoms with van der Waals surface area (Å²) >= 11 is 0. The maximum absolute atomic E-state index is 14.1. The van der Waals surface area contributed by atoms with E-state index in [0.29, 0.717) is 53.7 Å². The average molecular weight is 797 g/mol. The SMILES string of the molecule is C=CCOC12Oc3ccc(Oc4ccc(OC)c(C=O)c4)cc3C3C(CCCCO)C(CCCCO)C=C(C(=NOCC)CC1N(C)C(=O)OCc1ccccc1)C32. The second-order valence-electron chi connectivity index (χ2n) is 15.0. The molecular formula is C46H56N2O10. The third kappa shape index (κ3) is 9.09. The Morgan fingerprint density at radius 3 is 2.47 bits per heavy atom. The summed E-state index contributed by atoms with van der Waals surface area (Å²) in [5.41, 5.74) is 3.75. The van der Waals surface area contributed by atoms with Crippen LogP contribution in [-0.2, 0) is 20.9 Å². The molecule has 310 valence electrons. The zero-order valence-electron chi connectivity index (χ0n) is 33.7. The summed E-state index contributed by atoms with van der Waals surface area (Å²) in [7, 11) is 3.22. The van der Waals surface area contributed by atoms with Gasteiger partial charge in [-0.2, -0.15) is 0 Å². The minimum Gasteiger partial charge on any atom is -0.496 e. The minimum atomic E-state index is -1.41. The van der Waals surface area contributed by atoms with Crippen molar-refractivity contribution in [2.45, 2.75) is 76.2 Å². The first-order valence-electron chi connectivity index (χ1n) is 20.3. The van der Waals surface area contributed by atoms with Crippen molar-refractivity contribution in [3.8, 4) is 23.0 Å². The van der Waals surface area contributed by atoms with Crippen molar-refractivity contribution in [1.29, 1.82) is 0 Å². The summed E-state index contributed by atoms with van der Waals surface area (Å²) in [5.74, 6) is 0.0268. The summed E-state index contributed by atoms with van der Waals surface area (Å²) in [6, 6.07) is 19.6. The fourth-order valence-corrected chi connectivity index (χ4v) is 8.89. The molecule has 6 atom stereocenters. The van der Waals surface area contributed by atoms with Crippen LogP contribution in [0, 0.1) is 17.8 Å². The van der Waals surface area contributed by atoms with Gasteiger partial charge in [-0.25, -0.2) is 4.79 Å². The van der Waals surface area contributed by atoms with E-state index >= 15 is 0 Å². The Hall–Kier alpha value is -5.17. The van der Waals surface area contributed by atoms with Gasteiger partial charge in [0.25, 0.3) is 0 Å². The van der Waals surface area contributed by atoms with Gasteiger partial charge in [0.1, 0.15) is 42.3 Å². The lowest BCUT2D eigenvalue weighted by Gasteiger charge is -2.59. The first-order valence-corrected chi connectivity index (χ1v) is 20.3. The van der Waals surface area contributed by atoms with Gasteiger partial charge in [-0.3, -0.25) is 4.79 Å². The van der Waals surface area contributed by atoms with E-state index in [4.69, 9.17) is 33.7 Å². The number of aliphatic hydroxyl groups excluding tert-OH is 2. The first-order chi connectivity index (χ1) is 28.3. The van der Waals surface area contributed by atoms with Crippen molar-refractivity contribution in [2.24, 2.45) is 22.9 Å². The smallest absolute Gasteiger partial charge is 0.410 e. The number of benzene rings is 3. The lowest BCUT2D eigenvalue weighted by molar-refractivity contribution is -0.253. The van der Waals surface area contributed by atoms with Gasteiger partial charge in [0.2, 0.25) is 5.79 Å². The molecule has 0 radical (unpaired) electrons. The van der Waals surface area contributed by atoms with Crippen LogP contribution in [0.25, 0.3) is 0 Å². The predicted molar refractivity (Wildman–Crippen MR) is 219 cm³/mol. The number of likely N-dealkylation sites (N-methyl/N-ethyl adjacent to an activating group) is 1. The van der Waals surface area contributed by atoms with Gasteiger partial charge in [0.15, 0.2) is 6.29 Å². The van der Waals surface area contributed by atoms with Crippen molar-refractivity contribution >= 4 is 18.1 Å². The van der Waals surface area contributed by atoms with Crippen LogP contribution in [0.5, 0.6) is 23.0 Å². The number of methoxy groups -OCH3 is 1. The number of ether oxygens (including phenoxy) is 5. The summed E-state index contributed by atoms with van der Waals surface area (Å²) < 4.78 is 31.8. The molecule has 58 heavy (non-hydrogen) atoms. The normalized spacial score (nSPS) is 23.7. The number of aldehydes is 1. The van der Waals surface area contributed by atoms with E-state index in [2.05, 4.69) is 12.7 Å². The van der Waals surface area contributed by atoms with Crippen LogP contribution in [0.15, 0.2) is 96.2 Å². The van der Waals surface area contributed by atoms with Crippen molar-refractivity contribution in [3.05, 3.63) is 108 Å². The molecule has 0 saturated heterocycles.